The third-order valence-electron chi connectivity index (χ3n) is 3.25. The van der Waals surface area contributed by atoms with Gasteiger partial charge in [0.25, 0.3) is 0 Å². The topological polar surface area (TPSA) is 18.5 Å². The number of rotatable bonds is 6. The molecule has 1 fully saturated rings. The molecule has 0 aromatic rings. The Hall–Kier alpha value is 0.617. The molecule has 0 saturated heterocycles. The first-order chi connectivity index (χ1) is 7.29. The van der Waals surface area contributed by atoms with Gasteiger partial charge in [-0.2, -0.15) is 0 Å². The fourth-order valence-corrected chi connectivity index (χ4v) is 6.16. The zero-order valence-electron chi connectivity index (χ0n) is 9.93. The van der Waals surface area contributed by atoms with Crippen molar-refractivity contribution in [2.75, 3.05) is 18.5 Å². The highest BCUT2D eigenvalue weighted by atomic mass is 79.9. The molecule has 0 aromatic carbocycles. The minimum Gasteiger partial charge on any atom is -0.396 e. The molecule has 0 aromatic heterocycles. The Labute approximate surface area is 104 Å². The molecule has 1 saturated carbocycles. The minimum absolute atomic E-state index is 0.351. The van der Waals surface area contributed by atoms with Gasteiger partial charge in [-0.3, -0.25) is 0 Å². The van der Waals surface area contributed by atoms with E-state index < -0.39 is 9.28 Å². The van der Waals surface area contributed by atoms with Crippen molar-refractivity contribution in [3.8, 4) is 0 Å². The van der Waals surface area contributed by atoms with Crippen LogP contribution in [0, 0.1) is 0 Å². The van der Waals surface area contributed by atoms with Crippen LogP contribution in [-0.2, 0) is 8.85 Å². The van der Waals surface area contributed by atoms with Crippen molar-refractivity contribution in [2.45, 2.75) is 51.0 Å². The molecule has 0 unspecified atom stereocenters. The predicted octanol–water partition coefficient (Wildman–Crippen LogP) is 3.38. The van der Waals surface area contributed by atoms with Gasteiger partial charge in [-0.1, -0.05) is 35.2 Å². The standard InChI is InChI=1S/C11H23BrO2Si/c1-3-13-15(14-4-2)11(10-12)8-6-5-7-9-11/h15H,3-10H2,1-2H3. The zero-order chi connectivity index (χ0) is 11.1. The summed E-state index contributed by atoms with van der Waals surface area (Å²) in [5.74, 6) is 0. The molecule has 0 atom stereocenters. The average Bonchev–Trinajstić information content (AvgIpc) is 2.30. The molecule has 0 bridgehead atoms. The molecule has 0 amide bonds. The van der Waals surface area contributed by atoms with Crippen LogP contribution in [0.5, 0.6) is 0 Å². The maximum absolute atomic E-state index is 5.90. The predicted molar refractivity (Wildman–Crippen MR) is 70.0 cm³/mol. The van der Waals surface area contributed by atoms with Gasteiger partial charge in [0.05, 0.1) is 0 Å². The molecule has 0 aliphatic heterocycles. The van der Waals surface area contributed by atoms with Crippen LogP contribution in [-0.4, -0.2) is 27.8 Å². The second-order valence-electron chi connectivity index (χ2n) is 4.30. The van der Waals surface area contributed by atoms with Crippen LogP contribution in [0.1, 0.15) is 46.0 Å². The zero-order valence-corrected chi connectivity index (χ0v) is 12.7. The molecule has 4 heteroatoms. The van der Waals surface area contributed by atoms with Gasteiger partial charge in [-0.25, -0.2) is 0 Å². The Morgan fingerprint density at radius 3 is 2.00 bits per heavy atom. The summed E-state index contributed by atoms with van der Waals surface area (Å²) in [4.78, 5) is 0. The van der Waals surface area contributed by atoms with Crippen molar-refractivity contribution in [1.29, 1.82) is 0 Å². The van der Waals surface area contributed by atoms with Gasteiger partial charge >= 0.3 is 9.28 Å². The summed E-state index contributed by atoms with van der Waals surface area (Å²) < 4.78 is 11.8. The van der Waals surface area contributed by atoms with Crippen LogP contribution in [0.15, 0.2) is 0 Å². The molecule has 2 nitrogen and oxygen atoms in total. The third kappa shape index (κ3) is 3.55. The quantitative estimate of drug-likeness (QED) is 0.552. The van der Waals surface area contributed by atoms with Crippen molar-refractivity contribution in [3.05, 3.63) is 0 Å². The van der Waals surface area contributed by atoms with E-state index in [4.69, 9.17) is 8.85 Å². The highest BCUT2D eigenvalue weighted by Gasteiger charge is 2.42. The molecular formula is C11H23BrO2Si. The number of hydrogen-bond acceptors (Lipinski definition) is 2. The lowest BCUT2D eigenvalue weighted by atomic mass is 9.90. The fraction of sp³-hybridized carbons (Fsp3) is 1.00. The summed E-state index contributed by atoms with van der Waals surface area (Å²) in [5, 5.41) is 1.40. The van der Waals surface area contributed by atoms with Crippen molar-refractivity contribution in [3.63, 3.8) is 0 Å². The molecule has 1 aliphatic rings. The molecule has 90 valence electrons. The van der Waals surface area contributed by atoms with Crippen LogP contribution in [0.4, 0.5) is 0 Å². The van der Waals surface area contributed by atoms with Crippen molar-refractivity contribution >= 4 is 25.2 Å². The highest BCUT2D eigenvalue weighted by Crippen LogP contribution is 2.47. The summed E-state index contributed by atoms with van der Waals surface area (Å²) in [5.41, 5.74) is 0. The largest absolute Gasteiger partial charge is 0.396 e. The number of halogens is 1. The van der Waals surface area contributed by atoms with Gasteiger partial charge in [0.15, 0.2) is 0 Å². The number of alkyl halides is 1. The Morgan fingerprint density at radius 1 is 1.07 bits per heavy atom. The smallest absolute Gasteiger partial charge is 0.328 e. The van der Waals surface area contributed by atoms with E-state index in [0.717, 1.165) is 18.5 Å². The van der Waals surface area contributed by atoms with Crippen molar-refractivity contribution in [1.82, 2.24) is 0 Å². The molecule has 0 spiro atoms. The van der Waals surface area contributed by atoms with Gasteiger partial charge in [-0.05, 0) is 26.7 Å². The fourth-order valence-electron chi connectivity index (χ4n) is 2.39. The lowest BCUT2D eigenvalue weighted by molar-refractivity contribution is 0.174. The number of hydrogen-bond donors (Lipinski definition) is 0. The highest BCUT2D eigenvalue weighted by molar-refractivity contribution is 9.09. The first-order valence-electron chi connectivity index (χ1n) is 6.08. The van der Waals surface area contributed by atoms with Crippen LogP contribution in [0.2, 0.25) is 5.04 Å². The Kier molecular flexibility index (Phi) is 6.42. The SMILES string of the molecule is CCO[SiH](OCC)C1(CBr)CCCCC1. The molecule has 0 N–H and O–H groups in total. The Morgan fingerprint density at radius 2 is 1.60 bits per heavy atom. The third-order valence-corrected chi connectivity index (χ3v) is 8.02. The van der Waals surface area contributed by atoms with Crippen LogP contribution < -0.4 is 0 Å². The van der Waals surface area contributed by atoms with Gasteiger partial charge in [0.1, 0.15) is 0 Å². The summed E-state index contributed by atoms with van der Waals surface area (Å²) in [6.45, 7) is 5.74. The lowest BCUT2D eigenvalue weighted by Gasteiger charge is -2.39. The summed E-state index contributed by atoms with van der Waals surface area (Å²) in [6, 6.07) is 0. The monoisotopic (exact) mass is 294 g/mol. The summed E-state index contributed by atoms with van der Waals surface area (Å²) >= 11 is 3.68. The normalized spacial score (nSPS) is 20.8. The van der Waals surface area contributed by atoms with Crippen molar-refractivity contribution < 1.29 is 8.85 Å². The molecule has 15 heavy (non-hydrogen) atoms. The van der Waals surface area contributed by atoms with Gasteiger partial charge in [0.2, 0.25) is 0 Å². The first kappa shape index (κ1) is 13.7. The molecule has 0 heterocycles. The van der Waals surface area contributed by atoms with E-state index in [1.807, 2.05) is 0 Å². The lowest BCUT2D eigenvalue weighted by Crippen LogP contribution is -2.41. The molecule has 0 radical (unpaired) electrons. The van der Waals surface area contributed by atoms with E-state index in [1.54, 1.807) is 0 Å². The summed E-state index contributed by atoms with van der Waals surface area (Å²) in [6.07, 6.45) is 6.64. The van der Waals surface area contributed by atoms with E-state index in [9.17, 15) is 0 Å². The second-order valence-corrected chi connectivity index (χ2v) is 7.42. The van der Waals surface area contributed by atoms with Crippen LogP contribution >= 0.6 is 15.9 Å². The van der Waals surface area contributed by atoms with Gasteiger partial charge in [0, 0.05) is 23.6 Å². The van der Waals surface area contributed by atoms with E-state index in [1.165, 1.54) is 32.1 Å². The van der Waals surface area contributed by atoms with Crippen molar-refractivity contribution in [2.24, 2.45) is 0 Å². The van der Waals surface area contributed by atoms with Gasteiger partial charge < -0.3 is 8.85 Å². The minimum atomic E-state index is -1.50. The van der Waals surface area contributed by atoms with E-state index in [2.05, 4.69) is 29.8 Å². The molecule has 1 aliphatic carbocycles. The van der Waals surface area contributed by atoms with Crippen LogP contribution in [0.3, 0.4) is 0 Å². The van der Waals surface area contributed by atoms with Crippen LogP contribution in [0.25, 0.3) is 0 Å². The molecule has 1 rings (SSSR count). The average molecular weight is 295 g/mol. The van der Waals surface area contributed by atoms with E-state index in [-0.39, 0.29) is 0 Å². The summed E-state index contributed by atoms with van der Waals surface area (Å²) in [7, 11) is -1.50. The van der Waals surface area contributed by atoms with E-state index in [0.29, 0.717) is 5.04 Å². The maximum Gasteiger partial charge on any atom is 0.328 e. The first-order valence-corrected chi connectivity index (χ1v) is 8.72. The molecular weight excluding hydrogens is 272 g/mol. The van der Waals surface area contributed by atoms with E-state index >= 15 is 0 Å². The van der Waals surface area contributed by atoms with Gasteiger partial charge in [-0.15, -0.1) is 0 Å². The Bertz CT molecular complexity index is 166. The maximum atomic E-state index is 5.90. The Balaban J connectivity index is 2.65. The second kappa shape index (κ2) is 7.04.